The summed E-state index contributed by atoms with van der Waals surface area (Å²) in [6, 6.07) is 11.3. The molecule has 3 aromatic rings. The van der Waals surface area contributed by atoms with Crippen LogP contribution in [0.3, 0.4) is 0 Å². The van der Waals surface area contributed by atoms with Crippen LogP contribution < -0.4 is 10.1 Å². The summed E-state index contributed by atoms with van der Waals surface area (Å²) in [5.74, 6) is -0.252. The normalized spacial score (nSPS) is 14.6. The number of rotatable bonds is 6. The van der Waals surface area contributed by atoms with Crippen LogP contribution >= 0.6 is 0 Å². The Kier molecular flexibility index (Phi) is 5.49. The van der Waals surface area contributed by atoms with Crippen molar-refractivity contribution in [3.05, 3.63) is 64.8 Å². The molecule has 1 atom stereocenters. The van der Waals surface area contributed by atoms with Crippen molar-refractivity contribution < 1.29 is 23.4 Å². The number of hydrogen-bond acceptors (Lipinski definition) is 3. The lowest BCUT2D eigenvalue weighted by atomic mass is 9.95. The van der Waals surface area contributed by atoms with Crippen LogP contribution in [-0.2, 0) is 12.8 Å². The fourth-order valence-electron chi connectivity index (χ4n) is 3.83. The Balaban J connectivity index is 1.41. The van der Waals surface area contributed by atoms with Crippen LogP contribution in [0.1, 0.15) is 46.1 Å². The highest BCUT2D eigenvalue weighted by molar-refractivity contribution is 5.99. The third-order valence-electron chi connectivity index (χ3n) is 5.31. The number of aromatic amines is 1. The lowest BCUT2D eigenvalue weighted by Crippen LogP contribution is -2.28. The van der Waals surface area contributed by atoms with Crippen molar-refractivity contribution in [3.63, 3.8) is 0 Å². The number of aryl methyl sites for hydroxylation is 2. The largest absolute Gasteiger partial charge is 0.435 e. The predicted octanol–water partition coefficient (Wildman–Crippen LogP) is 4.11. The lowest BCUT2D eigenvalue weighted by Gasteiger charge is -2.13. The monoisotopic (exact) mass is 400 g/mol. The number of aliphatic hydroxyl groups excluding tert-OH is 1. The molecular formula is C22H22F2N2O3. The smallest absolute Gasteiger partial charge is 0.387 e. The van der Waals surface area contributed by atoms with Gasteiger partial charge in [0.2, 0.25) is 0 Å². The first kappa shape index (κ1) is 19.4. The number of ether oxygens (including phenoxy) is 1. The van der Waals surface area contributed by atoms with Crippen molar-refractivity contribution in [1.82, 2.24) is 10.3 Å². The van der Waals surface area contributed by atoms with E-state index in [4.69, 9.17) is 0 Å². The molecule has 0 saturated carbocycles. The first-order chi connectivity index (χ1) is 14.0. The maximum atomic E-state index is 12.6. The molecule has 0 saturated heterocycles. The second kappa shape index (κ2) is 8.21. The first-order valence-electron chi connectivity index (χ1n) is 9.66. The highest BCUT2D eigenvalue weighted by Gasteiger charge is 2.17. The van der Waals surface area contributed by atoms with Crippen LogP contribution in [0.2, 0.25) is 0 Å². The van der Waals surface area contributed by atoms with Gasteiger partial charge in [0.05, 0.1) is 6.10 Å². The Morgan fingerprint density at radius 2 is 1.90 bits per heavy atom. The van der Waals surface area contributed by atoms with Gasteiger partial charge in [0.15, 0.2) is 0 Å². The molecule has 1 heterocycles. The van der Waals surface area contributed by atoms with Crippen molar-refractivity contribution in [2.75, 3.05) is 6.54 Å². The topological polar surface area (TPSA) is 74.3 Å². The summed E-state index contributed by atoms with van der Waals surface area (Å²) >= 11 is 0. The van der Waals surface area contributed by atoms with E-state index in [0.29, 0.717) is 11.1 Å². The highest BCUT2D eigenvalue weighted by Crippen LogP contribution is 2.29. The van der Waals surface area contributed by atoms with E-state index in [2.05, 4.69) is 15.0 Å². The molecular weight excluding hydrogens is 378 g/mol. The second-order valence-electron chi connectivity index (χ2n) is 7.22. The number of amides is 1. The summed E-state index contributed by atoms with van der Waals surface area (Å²) in [6.07, 6.45) is 3.44. The molecule has 2 aromatic carbocycles. The Morgan fingerprint density at radius 3 is 2.66 bits per heavy atom. The van der Waals surface area contributed by atoms with Crippen molar-refractivity contribution in [1.29, 1.82) is 0 Å². The zero-order valence-electron chi connectivity index (χ0n) is 15.8. The Hall–Kier alpha value is -2.93. The summed E-state index contributed by atoms with van der Waals surface area (Å²) in [6.45, 7) is -2.88. The summed E-state index contributed by atoms with van der Waals surface area (Å²) in [7, 11) is 0. The van der Waals surface area contributed by atoms with Crippen LogP contribution in [-0.4, -0.2) is 29.2 Å². The second-order valence-corrected chi connectivity index (χ2v) is 7.22. The number of halogens is 2. The van der Waals surface area contributed by atoms with E-state index in [1.807, 2.05) is 12.1 Å². The van der Waals surface area contributed by atoms with Gasteiger partial charge >= 0.3 is 6.61 Å². The predicted molar refractivity (Wildman–Crippen MR) is 105 cm³/mol. The van der Waals surface area contributed by atoms with Gasteiger partial charge in [-0.15, -0.1) is 0 Å². The van der Waals surface area contributed by atoms with Gasteiger partial charge in [-0.25, -0.2) is 0 Å². The van der Waals surface area contributed by atoms with Crippen molar-refractivity contribution in [2.24, 2.45) is 0 Å². The van der Waals surface area contributed by atoms with E-state index < -0.39 is 12.7 Å². The van der Waals surface area contributed by atoms with Gasteiger partial charge in [0.1, 0.15) is 5.75 Å². The number of fused-ring (bicyclic) bond motifs is 3. The standard InChI is InChI=1S/C22H22F2N2O3/c23-22(24)29-15-8-5-13(6-9-15)20(27)12-25-21(28)14-7-10-19-17(11-14)16-3-1-2-4-18(16)26-19/h5-11,20,22,26-27H,1-4,12H2,(H,25,28). The van der Waals surface area contributed by atoms with Gasteiger partial charge in [-0.3, -0.25) is 4.79 Å². The van der Waals surface area contributed by atoms with Crippen molar-refractivity contribution >= 4 is 16.8 Å². The van der Waals surface area contributed by atoms with E-state index in [-0.39, 0.29) is 18.2 Å². The molecule has 1 aliphatic carbocycles. The molecule has 1 amide bonds. The van der Waals surface area contributed by atoms with Crippen molar-refractivity contribution in [3.8, 4) is 5.75 Å². The van der Waals surface area contributed by atoms with E-state index in [9.17, 15) is 18.7 Å². The Labute approximate surface area is 166 Å². The molecule has 7 heteroatoms. The van der Waals surface area contributed by atoms with Crippen molar-refractivity contribution in [2.45, 2.75) is 38.4 Å². The summed E-state index contributed by atoms with van der Waals surface area (Å²) in [5, 5.41) is 14.1. The molecule has 0 bridgehead atoms. The number of aromatic nitrogens is 1. The van der Waals surface area contributed by atoms with Gasteiger partial charge in [-0.1, -0.05) is 12.1 Å². The minimum atomic E-state index is -2.90. The number of alkyl halides is 2. The van der Waals surface area contributed by atoms with E-state index >= 15 is 0 Å². The maximum absolute atomic E-state index is 12.6. The van der Waals surface area contributed by atoms with Gasteiger partial charge in [-0.2, -0.15) is 8.78 Å². The molecule has 0 spiro atoms. The number of nitrogens with one attached hydrogen (secondary N) is 2. The molecule has 3 N–H and O–H groups in total. The number of benzene rings is 2. The Bertz CT molecular complexity index is 1010. The number of carbonyl (C=O) groups excluding carboxylic acids is 1. The minimum Gasteiger partial charge on any atom is -0.435 e. The average Bonchev–Trinajstić information content (AvgIpc) is 3.09. The number of aliphatic hydroxyl groups is 1. The molecule has 1 aromatic heterocycles. The number of H-pyrrole nitrogens is 1. The number of hydrogen-bond donors (Lipinski definition) is 3. The van der Waals surface area contributed by atoms with Crippen LogP contribution in [0.4, 0.5) is 8.78 Å². The average molecular weight is 400 g/mol. The third-order valence-corrected chi connectivity index (χ3v) is 5.31. The molecule has 0 radical (unpaired) electrons. The molecule has 4 rings (SSSR count). The molecule has 1 unspecified atom stereocenters. The van der Waals surface area contributed by atoms with E-state index in [0.717, 1.165) is 30.2 Å². The minimum absolute atomic E-state index is 0.0111. The van der Waals surface area contributed by atoms with Gasteiger partial charge < -0.3 is 20.1 Å². The highest BCUT2D eigenvalue weighted by atomic mass is 19.3. The molecule has 0 aliphatic heterocycles. The Morgan fingerprint density at radius 1 is 1.14 bits per heavy atom. The van der Waals surface area contributed by atoms with Gasteiger partial charge in [0.25, 0.3) is 5.91 Å². The molecule has 5 nitrogen and oxygen atoms in total. The summed E-state index contributed by atoms with van der Waals surface area (Å²) in [5.41, 5.74) is 4.64. The zero-order chi connectivity index (χ0) is 20.4. The fourth-order valence-corrected chi connectivity index (χ4v) is 3.83. The zero-order valence-corrected chi connectivity index (χ0v) is 15.8. The van der Waals surface area contributed by atoms with Gasteiger partial charge in [0, 0.05) is 28.7 Å². The van der Waals surface area contributed by atoms with Crippen LogP contribution in [0.15, 0.2) is 42.5 Å². The summed E-state index contributed by atoms with van der Waals surface area (Å²) < 4.78 is 28.7. The number of carbonyl (C=O) groups is 1. The van der Waals surface area contributed by atoms with Crippen LogP contribution in [0.25, 0.3) is 10.9 Å². The molecule has 29 heavy (non-hydrogen) atoms. The fraction of sp³-hybridized carbons (Fsp3) is 0.318. The molecule has 0 fully saturated rings. The quantitative estimate of drug-likeness (QED) is 0.583. The third kappa shape index (κ3) is 4.24. The van der Waals surface area contributed by atoms with Crippen LogP contribution in [0.5, 0.6) is 5.75 Å². The maximum Gasteiger partial charge on any atom is 0.387 e. The van der Waals surface area contributed by atoms with Crippen LogP contribution in [0, 0.1) is 0 Å². The van der Waals surface area contributed by atoms with Gasteiger partial charge in [-0.05, 0) is 67.1 Å². The summed E-state index contributed by atoms with van der Waals surface area (Å²) in [4.78, 5) is 16.0. The molecule has 152 valence electrons. The van der Waals surface area contributed by atoms with E-state index in [1.54, 1.807) is 6.07 Å². The molecule has 1 aliphatic rings. The SMILES string of the molecule is O=C(NCC(O)c1ccc(OC(F)F)cc1)c1ccc2[nH]c3c(c2c1)CCCC3. The lowest BCUT2D eigenvalue weighted by molar-refractivity contribution is -0.0498. The van der Waals surface area contributed by atoms with E-state index in [1.165, 1.54) is 41.9 Å². The first-order valence-corrected chi connectivity index (χ1v) is 9.66.